The summed E-state index contributed by atoms with van der Waals surface area (Å²) in [6.45, 7) is 0.159. The number of halogens is 1. The van der Waals surface area contributed by atoms with Crippen LogP contribution in [0, 0.1) is 0 Å². The molecule has 0 aliphatic heterocycles. The molecule has 2 aromatic rings. The Labute approximate surface area is 119 Å². The lowest BCUT2D eigenvalue weighted by Gasteiger charge is -2.08. The van der Waals surface area contributed by atoms with Crippen LogP contribution in [0.25, 0.3) is 0 Å². The van der Waals surface area contributed by atoms with Crippen LogP contribution in [0.2, 0.25) is 0 Å². The van der Waals surface area contributed by atoms with E-state index < -0.39 is 10.0 Å². The molecule has 0 saturated heterocycles. The highest BCUT2D eigenvalue weighted by Crippen LogP contribution is 2.27. The van der Waals surface area contributed by atoms with Crippen molar-refractivity contribution >= 4 is 26.0 Å². The minimum Gasteiger partial charge on any atom is -0.496 e. The van der Waals surface area contributed by atoms with Gasteiger partial charge in [-0.15, -0.1) is 0 Å². The van der Waals surface area contributed by atoms with E-state index in [0.717, 1.165) is 0 Å². The average Bonchev–Trinajstić information content (AvgIpc) is 2.89. The van der Waals surface area contributed by atoms with Gasteiger partial charge in [-0.3, -0.25) is 0 Å². The molecule has 0 bridgehead atoms. The van der Waals surface area contributed by atoms with Gasteiger partial charge in [0.05, 0.1) is 29.4 Å². The lowest BCUT2D eigenvalue weighted by atomic mass is 10.3. The summed E-state index contributed by atoms with van der Waals surface area (Å²) in [5.74, 6) is 0.576. The number of nitrogens with one attached hydrogen (secondary N) is 2. The molecule has 0 spiro atoms. The van der Waals surface area contributed by atoms with Gasteiger partial charge in [0.25, 0.3) is 0 Å². The first-order valence-electron chi connectivity index (χ1n) is 5.33. The highest BCUT2D eigenvalue weighted by Gasteiger charge is 2.15. The maximum Gasteiger partial charge on any atom is 0.240 e. The van der Waals surface area contributed by atoms with Crippen molar-refractivity contribution in [2.75, 3.05) is 7.11 Å². The zero-order valence-electron chi connectivity index (χ0n) is 10.1. The topological polar surface area (TPSA) is 84.1 Å². The van der Waals surface area contributed by atoms with Gasteiger partial charge in [-0.05, 0) is 34.1 Å². The Hall–Kier alpha value is -1.38. The third kappa shape index (κ3) is 3.34. The largest absolute Gasteiger partial charge is 0.496 e. The van der Waals surface area contributed by atoms with Crippen molar-refractivity contribution < 1.29 is 13.2 Å². The number of imidazole rings is 1. The molecule has 1 heterocycles. The van der Waals surface area contributed by atoms with Crippen molar-refractivity contribution in [2.45, 2.75) is 11.4 Å². The second kappa shape index (κ2) is 5.72. The molecule has 0 atom stereocenters. The quantitative estimate of drug-likeness (QED) is 0.862. The van der Waals surface area contributed by atoms with Crippen LogP contribution in [0.5, 0.6) is 5.75 Å². The van der Waals surface area contributed by atoms with Gasteiger partial charge in [0, 0.05) is 11.9 Å². The molecule has 19 heavy (non-hydrogen) atoms. The Balaban J connectivity index is 2.17. The number of nitrogens with zero attached hydrogens (tertiary/aromatic N) is 1. The second-order valence-corrected chi connectivity index (χ2v) is 6.32. The molecule has 0 radical (unpaired) electrons. The van der Waals surface area contributed by atoms with E-state index in [-0.39, 0.29) is 11.4 Å². The molecule has 0 fully saturated rings. The predicted molar refractivity (Wildman–Crippen MR) is 73.3 cm³/mol. The number of hydrogen-bond donors (Lipinski definition) is 2. The first-order valence-corrected chi connectivity index (χ1v) is 7.61. The van der Waals surface area contributed by atoms with E-state index in [0.29, 0.717) is 15.9 Å². The summed E-state index contributed by atoms with van der Waals surface area (Å²) < 4.78 is 32.3. The SMILES string of the molecule is COc1ccc(S(=O)(=O)NCc2cnc[nH]2)cc1Br. The van der Waals surface area contributed by atoms with Crippen molar-refractivity contribution in [3.63, 3.8) is 0 Å². The lowest BCUT2D eigenvalue weighted by Crippen LogP contribution is -2.23. The number of ether oxygens (including phenoxy) is 1. The highest BCUT2D eigenvalue weighted by atomic mass is 79.9. The van der Waals surface area contributed by atoms with Crippen LogP contribution in [-0.4, -0.2) is 25.5 Å². The van der Waals surface area contributed by atoms with Gasteiger partial charge in [-0.1, -0.05) is 0 Å². The first-order chi connectivity index (χ1) is 9.03. The number of aromatic nitrogens is 2. The molecule has 2 N–H and O–H groups in total. The molecule has 1 aromatic carbocycles. The monoisotopic (exact) mass is 345 g/mol. The van der Waals surface area contributed by atoms with Gasteiger partial charge in [-0.2, -0.15) is 0 Å². The molecule has 8 heteroatoms. The van der Waals surface area contributed by atoms with Crippen LogP contribution in [-0.2, 0) is 16.6 Å². The minimum atomic E-state index is -3.57. The molecular formula is C11H12BrN3O3S. The summed E-state index contributed by atoms with van der Waals surface area (Å²) in [4.78, 5) is 6.81. The van der Waals surface area contributed by atoms with Gasteiger partial charge in [0.2, 0.25) is 10.0 Å². The molecule has 2 rings (SSSR count). The van der Waals surface area contributed by atoms with Crippen LogP contribution >= 0.6 is 15.9 Å². The van der Waals surface area contributed by atoms with Crippen molar-refractivity contribution in [1.29, 1.82) is 0 Å². The standard InChI is InChI=1S/C11H12BrN3O3S/c1-18-11-3-2-9(4-10(11)12)19(16,17)15-6-8-5-13-7-14-8/h2-5,7,15H,6H2,1H3,(H,13,14). The van der Waals surface area contributed by atoms with Gasteiger partial charge in [0.15, 0.2) is 0 Å². The molecule has 0 aliphatic rings. The number of rotatable bonds is 5. The number of benzene rings is 1. The Bertz CT molecular complexity index is 656. The lowest BCUT2D eigenvalue weighted by molar-refractivity contribution is 0.411. The van der Waals surface area contributed by atoms with E-state index in [1.165, 1.54) is 25.6 Å². The summed E-state index contributed by atoms with van der Waals surface area (Å²) in [6, 6.07) is 4.57. The van der Waals surface area contributed by atoms with E-state index in [1.807, 2.05) is 0 Å². The molecule has 6 nitrogen and oxygen atoms in total. The van der Waals surface area contributed by atoms with Gasteiger partial charge < -0.3 is 9.72 Å². The fraction of sp³-hybridized carbons (Fsp3) is 0.182. The van der Waals surface area contributed by atoms with E-state index in [1.54, 1.807) is 12.3 Å². The van der Waals surface area contributed by atoms with Crippen LogP contribution in [0.3, 0.4) is 0 Å². The third-order valence-corrected chi connectivity index (χ3v) is 4.46. The van der Waals surface area contributed by atoms with Crippen LogP contribution in [0.4, 0.5) is 0 Å². The molecule has 0 saturated carbocycles. The maximum atomic E-state index is 12.1. The number of methoxy groups -OCH3 is 1. The smallest absolute Gasteiger partial charge is 0.240 e. The number of aromatic amines is 1. The van der Waals surface area contributed by atoms with E-state index in [9.17, 15) is 8.42 Å². The van der Waals surface area contributed by atoms with Gasteiger partial charge in [-0.25, -0.2) is 18.1 Å². The molecule has 0 amide bonds. The number of H-pyrrole nitrogens is 1. The first kappa shape index (κ1) is 14.0. The summed E-state index contributed by atoms with van der Waals surface area (Å²) >= 11 is 3.26. The second-order valence-electron chi connectivity index (χ2n) is 3.70. The summed E-state index contributed by atoms with van der Waals surface area (Å²) in [5, 5.41) is 0. The average molecular weight is 346 g/mol. The Morgan fingerprint density at radius 1 is 1.47 bits per heavy atom. The Kier molecular flexibility index (Phi) is 4.23. The molecular weight excluding hydrogens is 334 g/mol. The van der Waals surface area contributed by atoms with Crippen LogP contribution < -0.4 is 9.46 Å². The van der Waals surface area contributed by atoms with Gasteiger partial charge in [0.1, 0.15) is 5.75 Å². The fourth-order valence-electron chi connectivity index (χ4n) is 1.45. The van der Waals surface area contributed by atoms with Crippen molar-refractivity contribution in [3.05, 3.63) is 40.9 Å². The molecule has 0 aliphatic carbocycles. The zero-order valence-corrected chi connectivity index (χ0v) is 12.5. The Morgan fingerprint density at radius 2 is 2.26 bits per heavy atom. The summed E-state index contributed by atoms with van der Waals surface area (Å²) in [6.07, 6.45) is 3.06. The molecule has 1 aromatic heterocycles. The van der Waals surface area contributed by atoms with Gasteiger partial charge >= 0.3 is 0 Å². The third-order valence-electron chi connectivity index (χ3n) is 2.44. The normalized spacial score (nSPS) is 11.5. The number of hydrogen-bond acceptors (Lipinski definition) is 4. The molecule has 0 unspecified atom stereocenters. The predicted octanol–water partition coefficient (Wildman–Crippen LogP) is 1.66. The minimum absolute atomic E-state index is 0.159. The summed E-state index contributed by atoms with van der Waals surface area (Å²) in [7, 11) is -2.05. The van der Waals surface area contributed by atoms with E-state index in [2.05, 4.69) is 30.6 Å². The maximum absolute atomic E-state index is 12.1. The van der Waals surface area contributed by atoms with E-state index in [4.69, 9.17) is 4.74 Å². The van der Waals surface area contributed by atoms with Crippen molar-refractivity contribution in [3.8, 4) is 5.75 Å². The highest BCUT2D eigenvalue weighted by molar-refractivity contribution is 9.10. The Morgan fingerprint density at radius 3 is 2.84 bits per heavy atom. The van der Waals surface area contributed by atoms with E-state index >= 15 is 0 Å². The number of sulfonamides is 1. The zero-order chi connectivity index (χ0) is 13.9. The van der Waals surface area contributed by atoms with Crippen molar-refractivity contribution in [2.24, 2.45) is 0 Å². The van der Waals surface area contributed by atoms with Crippen molar-refractivity contribution in [1.82, 2.24) is 14.7 Å². The fourth-order valence-corrected chi connectivity index (χ4v) is 3.18. The van der Waals surface area contributed by atoms with Crippen LogP contribution in [0.1, 0.15) is 5.69 Å². The molecule has 102 valence electrons. The summed E-state index contributed by atoms with van der Waals surface area (Å²) in [5.41, 5.74) is 0.691. The van der Waals surface area contributed by atoms with Crippen LogP contribution in [0.15, 0.2) is 40.1 Å².